The second-order valence-corrected chi connectivity index (χ2v) is 16.1. The standard InChI is InChI=1S/C40H48F3N9O3/c1-4-31(53)52-21-39(22-52)9-11-49(12-10-39)36-28-17-27(25-6-7-25)33(32-24(2)5-8-30(45)29(32)18-44)35(55-23-40(41,42)43)34(28)46-38(47-36)51-19-26(20-51)37(54)50-15-13-48(3)14-16-50/h4-5,8,17-18,25-26,44H,1,6-7,9-16,19-23,45H2,2-3H3. The van der Waals surface area contributed by atoms with Gasteiger partial charge in [-0.25, -0.2) is 4.98 Å². The van der Waals surface area contributed by atoms with Crippen molar-refractivity contribution in [2.45, 2.75) is 44.7 Å². The van der Waals surface area contributed by atoms with Crippen molar-refractivity contribution in [3.8, 4) is 16.9 Å². The van der Waals surface area contributed by atoms with Crippen molar-refractivity contribution < 1.29 is 27.5 Å². The van der Waals surface area contributed by atoms with Gasteiger partial charge in [0.1, 0.15) is 11.3 Å². The Morgan fingerprint density at radius 1 is 1.02 bits per heavy atom. The highest BCUT2D eigenvalue weighted by atomic mass is 19.4. The molecular weight excluding hydrogens is 711 g/mol. The van der Waals surface area contributed by atoms with E-state index >= 15 is 0 Å². The summed E-state index contributed by atoms with van der Waals surface area (Å²) in [5.41, 5.74) is 10.0. The van der Waals surface area contributed by atoms with Crippen LogP contribution in [-0.2, 0) is 9.59 Å². The summed E-state index contributed by atoms with van der Waals surface area (Å²) in [5.74, 6) is 0.797. The number of anilines is 3. The molecule has 1 spiro atoms. The third-order valence-corrected chi connectivity index (χ3v) is 12.2. The van der Waals surface area contributed by atoms with Crippen molar-refractivity contribution >= 4 is 46.4 Å². The number of nitrogens with two attached hydrogens (primary N) is 1. The molecule has 4 saturated heterocycles. The number of piperidine rings is 1. The number of hydrogen-bond donors (Lipinski definition) is 2. The average Bonchev–Trinajstić information content (AvgIpc) is 3.98. The zero-order chi connectivity index (χ0) is 38.8. The molecule has 5 aliphatic rings. The van der Waals surface area contributed by atoms with E-state index < -0.39 is 12.8 Å². The molecule has 5 fully saturated rings. The number of nitrogens with one attached hydrogen (secondary N) is 1. The van der Waals surface area contributed by atoms with Gasteiger partial charge < -0.3 is 40.4 Å². The fraction of sp³-hybridized carbons (Fsp3) is 0.525. The lowest BCUT2D eigenvalue weighted by atomic mass is 9.72. The number of nitrogen functional groups attached to an aromatic ring is 1. The Balaban J connectivity index is 1.24. The highest BCUT2D eigenvalue weighted by Gasteiger charge is 2.47. The number of aryl methyl sites for hydroxylation is 1. The van der Waals surface area contributed by atoms with E-state index in [9.17, 15) is 22.8 Å². The molecule has 12 nitrogen and oxygen atoms in total. The summed E-state index contributed by atoms with van der Waals surface area (Å²) < 4.78 is 48.1. The summed E-state index contributed by atoms with van der Waals surface area (Å²) in [6.07, 6.45) is 1.20. The Morgan fingerprint density at radius 3 is 2.33 bits per heavy atom. The average molecular weight is 760 g/mol. The quantitative estimate of drug-likeness (QED) is 0.179. The number of fused-ring (bicyclic) bond motifs is 1. The molecule has 1 saturated carbocycles. The molecule has 55 heavy (non-hydrogen) atoms. The first-order chi connectivity index (χ1) is 26.3. The van der Waals surface area contributed by atoms with E-state index in [0.717, 1.165) is 56.1 Å². The van der Waals surface area contributed by atoms with Crippen molar-refractivity contribution in [2.24, 2.45) is 11.3 Å². The second-order valence-electron chi connectivity index (χ2n) is 16.1. The summed E-state index contributed by atoms with van der Waals surface area (Å²) in [5, 5.41) is 8.90. The minimum atomic E-state index is -4.63. The Hall–Kier alpha value is -4.92. The van der Waals surface area contributed by atoms with Crippen LogP contribution < -0.4 is 20.3 Å². The van der Waals surface area contributed by atoms with Gasteiger partial charge in [-0.2, -0.15) is 18.2 Å². The second kappa shape index (κ2) is 14.0. The van der Waals surface area contributed by atoms with Gasteiger partial charge in [-0.15, -0.1) is 0 Å². The summed E-state index contributed by atoms with van der Waals surface area (Å²) in [7, 11) is 2.04. The van der Waals surface area contributed by atoms with Gasteiger partial charge in [0.05, 0.1) is 5.92 Å². The van der Waals surface area contributed by atoms with E-state index in [-0.39, 0.29) is 40.3 Å². The first-order valence-corrected chi connectivity index (χ1v) is 19.1. The number of rotatable bonds is 9. The maximum atomic E-state index is 14.1. The number of carbonyl (C=O) groups is 2. The van der Waals surface area contributed by atoms with Crippen LogP contribution in [0.2, 0.25) is 0 Å². The molecule has 2 amide bonds. The summed E-state index contributed by atoms with van der Waals surface area (Å²) in [6.45, 7) is 10.3. The SMILES string of the molecule is C=CC(=O)N1CC2(CCN(c3nc(N4CC(C(=O)N5CCN(C)CC5)C4)nc4c(OCC(F)(F)F)c(-c5c(C)ccc(N)c5C=N)c(C5CC5)cc34)CC2)C1. The van der Waals surface area contributed by atoms with Crippen molar-refractivity contribution in [1.29, 1.82) is 5.41 Å². The van der Waals surface area contributed by atoms with Gasteiger partial charge in [-0.1, -0.05) is 12.6 Å². The molecule has 4 aliphatic heterocycles. The van der Waals surface area contributed by atoms with E-state index in [1.165, 1.54) is 6.08 Å². The fourth-order valence-corrected chi connectivity index (χ4v) is 8.75. The number of likely N-dealkylation sites (N-methyl/N-ethyl adjacent to an activating group) is 1. The maximum Gasteiger partial charge on any atom is 0.422 e. The minimum absolute atomic E-state index is 0.00357. The van der Waals surface area contributed by atoms with Crippen LogP contribution in [0.25, 0.3) is 22.0 Å². The van der Waals surface area contributed by atoms with Crippen LogP contribution in [0.1, 0.15) is 48.3 Å². The van der Waals surface area contributed by atoms with E-state index in [2.05, 4.69) is 16.4 Å². The molecular formula is C40H48F3N9O3. The van der Waals surface area contributed by atoms with Gasteiger partial charge in [0.25, 0.3) is 0 Å². The Labute approximate surface area is 318 Å². The van der Waals surface area contributed by atoms with Crippen LogP contribution in [0.15, 0.2) is 30.9 Å². The van der Waals surface area contributed by atoms with Gasteiger partial charge >= 0.3 is 6.18 Å². The van der Waals surface area contributed by atoms with Crippen LogP contribution in [0.3, 0.4) is 0 Å². The molecule has 0 atom stereocenters. The van der Waals surface area contributed by atoms with E-state index in [4.69, 9.17) is 25.8 Å². The third-order valence-electron chi connectivity index (χ3n) is 12.2. The Kier molecular flexibility index (Phi) is 9.41. The molecule has 2 aromatic carbocycles. The predicted molar refractivity (Wildman–Crippen MR) is 206 cm³/mol. The van der Waals surface area contributed by atoms with Crippen molar-refractivity contribution in [1.82, 2.24) is 24.7 Å². The zero-order valence-corrected chi connectivity index (χ0v) is 31.4. The van der Waals surface area contributed by atoms with Gasteiger partial charge in [0, 0.05) is 99.3 Å². The minimum Gasteiger partial charge on any atom is -0.481 e. The lowest BCUT2D eigenvalue weighted by Gasteiger charge is -2.54. The fourth-order valence-electron chi connectivity index (χ4n) is 8.75. The summed E-state index contributed by atoms with van der Waals surface area (Å²) >= 11 is 0. The number of alkyl halides is 3. The number of likely N-dealkylation sites (tertiary alicyclic amines) is 1. The lowest BCUT2D eigenvalue weighted by Crippen LogP contribution is -2.61. The number of piperazine rings is 1. The van der Waals surface area contributed by atoms with Crippen molar-refractivity contribution in [3.05, 3.63) is 47.5 Å². The first-order valence-electron chi connectivity index (χ1n) is 19.1. The number of amides is 2. The van der Waals surface area contributed by atoms with Crippen molar-refractivity contribution in [2.75, 3.05) is 94.6 Å². The number of nitrogens with zero attached hydrogens (tertiary/aromatic N) is 7. The molecule has 8 rings (SSSR count). The number of hydrogen-bond acceptors (Lipinski definition) is 10. The predicted octanol–water partition coefficient (Wildman–Crippen LogP) is 4.83. The van der Waals surface area contributed by atoms with Crippen LogP contribution >= 0.6 is 0 Å². The highest BCUT2D eigenvalue weighted by molar-refractivity contribution is 6.05. The summed E-state index contributed by atoms with van der Waals surface area (Å²) in [6, 6.07) is 5.54. The third kappa shape index (κ3) is 6.95. The molecule has 3 N–H and O–H groups in total. The monoisotopic (exact) mass is 759 g/mol. The summed E-state index contributed by atoms with van der Waals surface area (Å²) in [4.78, 5) is 45.9. The highest BCUT2D eigenvalue weighted by Crippen LogP contribution is 2.53. The molecule has 0 bridgehead atoms. The first kappa shape index (κ1) is 37.0. The Morgan fingerprint density at radius 2 is 1.71 bits per heavy atom. The van der Waals surface area contributed by atoms with Gasteiger partial charge in [-0.05, 0) is 80.5 Å². The van der Waals surface area contributed by atoms with E-state index in [0.29, 0.717) is 91.9 Å². The van der Waals surface area contributed by atoms with Gasteiger partial charge in [0.15, 0.2) is 12.4 Å². The van der Waals surface area contributed by atoms with E-state index in [1.807, 2.05) is 35.9 Å². The van der Waals surface area contributed by atoms with Crippen LogP contribution in [0, 0.1) is 23.7 Å². The molecule has 0 unspecified atom stereocenters. The molecule has 292 valence electrons. The topological polar surface area (TPSA) is 135 Å². The smallest absolute Gasteiger partial charge is 0.422 e. The molecule has 1 aliphatic carbocycles. The number of aromatic nitrogens is 2. The largest absolute Gasteiger partial charge is 0.481 e. The molecule has 5 heterocycles. The number of carbonyl (C=O) groups excluding carboxylic acids is 2. The normalized spacial score (nSPS) is 20.4. The van der Waals surface area contributed by atoms with Gasteiger partial charge in [-0.3, -0.25) is 9.59 Å². The van der Waals surface area contributed by atoms with Crippen LogP contribution in [-0.4, -0.2) is 128 Å². The number of benzene rings is 2. The molecule has 0 radical (unpaired) electrons. The number of halogens is 3. The number of ether oxygens (including phenoxy) is 1. The van der Waals surface area contributed by atoms with Gasteiger partial charge in [0.2, 0.25) is 17.8 Å². The molecule has 3 aromatic rings. The van der Waals surface area contributed by atoms with Crippen molar-refractivity contribution in [3.63, 3.8) is 0 Å². The van der Waals surface area contributed by atoms with Crippen LogP contribution in [0.5, 0.6) is 5.75 Å². The van der Waals surface area contributed by atoms with E-state index in [1.54, 1.807) is 11.0 Å². The lowest BCUT2D eigenvalue weighted by molar-refractivity contribution is -0.153. The van der Waals surface area contributed by atoms with Crippen LogP contribution in [0.4, 0.5) is 30.6 Å². The Bertz CT molecular complexity index is 2040. The maximum absolute atomic E-state index is 14.1. The molecule has 1 aromatic heterocycles. The zero-order valence-electron chi connectivity index (χ0n) is 31.4. The molecule has 15 heteroatoms.